The third-order valence-corrected chi connectivity index (χ3v) is 4.99. The second-order valence-electron chi connectivity index (χ2n) is 5.54. The van der Waals surface area contributed by atoms with Crippen LogP contribution in [0.5, 0.6) is 5.75 Å². The molecule has 3 rings (SSSR count). The van der Waals surface area contributed by atoms with Crippen LogP contribution in [0.25, 0.3) is 0 Å². The molecule has 1 N–H and O–H groups in total. The maximum Gasteiger partial charge on any atom is 0.122 e. The molecule has 2 aliphatic rings. The maximum atomic E-state index is 5.59. The fourth-order valence-corrected chi connectivity index (χ4v) is 3.69. The summed E-state index contributed by atoms with van der Waals surface area (Å²) in [6, 6.07) is 6.29. The summed E-state index contributed by atoms with van der Waals surface area (Å²) in [4.78, 5) is 0. The maximum absolute atomic E-state index is 5.59. The van der Waals surface area contributed by atoms with Gasteiger partial charge in [-0.15, -0.1) is 0 Å². The molecule has 0 saturated carbocycles. The summed E-state index contributed by atoms with van der Waals surface area (Å²) in [6.45, 7) is 3.85. The van der Waals surface area contributed by atoms with Crippen LogP contribution in [0.3, 0.4) is 0 Å². The van der Waals surface area contributed by atoms with Crippen molar-refractivity contribution in [2.24, 2.45) is 5.92 Å². The van der Waals surface area contributed by atoms with Crippen molar-refractivity contribution in [2.45, 2.75) is 18.3 Å². The Morgan fingerprint density at radius 3 is 2.84 bits per heavy atom. The molecule has 0 aromatic heterocycles. The Hall–Kier alpha value is -0.580. The van der Waals surface area contributed by atoms with Gasteiger partial charge in [-0.2, -0.15) is 0 Å². The predicted octanol–water partition coefficient (Wildman–Crippen LogP) is 2.73. The normalized spacial score (nSPS) is 25.7. The molecule has 2 aliphatic heterocycles. The summed E-state index contributed by atoms with van der Waals surface area (Å²) >= 11 is 3.58. The van der Waals surface area contributed by atoms with Crippen LogP contribution in [0.4, 0.5) is 0 Å². The van der Waals surface area contributed by atoms with Crippen LogP contribution in [0.1, 0.15) is 18.4 Å². The number of hydrogen-bond acceptors (Lipinski definition) is 3. The van der Waals surface area contributed by atoms with E-state index < -0.39 is 0 Å². The molecular weight excluding hydrogens is 306 g/mol. The summed E-state index contributed by atoms with van der Waals surface area (Å²) in [7, 11) is 1.75. The Morgan fingerprint density at radius 2 is 2.26 bits per heavy atom. The summed E-state index contributed by atoms with van der Waals surface area (Å²) in [5.74, 6) is 1.62. The van der Waals surface area contributed by atoms with Crippen molar-refractivity contribution in [1.29, 1.82) is 0 Å². The van der Waals surface area contributed by atoms with E-state index in [2.05, 4.69) is 33.4 Å². The van der Waals surface area contributed by atoms with Gasteiger partial charge in [-0.05, 0) is 50.0 Å². The lowest BCUT2D eigenvalue weighted by atomic mass is 9.66. The van der Waals surface area contributed by atoms with E-state index in [0.717, 1.165) is 36.5 Å². The van der Waals surface area contributed by atoms with Crippen LogP contribution in [-0.4, -0.2) is 33.4 Å². The predicted molar refractivity (Wildman–Crippen MR) is 78.8 cm³/mol. The minimum atomic E-state index is 0.128. The summed E-state index contributed by atoms with van der Waals surface area (Å²) in [5.41, 5.74) is 1.42. The second kappa shape index (κ2) is 5.43. The number of hydrogen-bond donors (Lipinski definition) is 1. The van der Waals surface area contributed by atoms with Crippen LogP contribution in [0.15, 0.2) is 22.7 Å². The lowest BCUT2D eigenvalue weighted by Crippen LogP contribution is -2.56. The highest BCUT2D eigenvalue weighted by molar-refractivity contribution is 9.10. The average Bonchev–Trinajstić information content (AvgIpc) is 2.39. The molecule has 1 aromatic carbocycles. The Balaban J connectivity index is 1.99. The fourth-order valence-electron chi connectivity index (χ4n) is 3.33. The number of nitrogens with one attached hydrogen (secondary N) is 1. The Morgan fingerprint density at radius 1 is 1.42 bits per heavy atom. The summed E-state index contributed by atoms with van der Waals surface area (Å²) in [6.07, 6.45) is 2.52. The van der Waals surface area contributed by atoms with Crippen LogP contribution in [0.2, 0.25) is 0 Å². The van der Waals surface area contributed by atoms with Crippen molar-refractivity contribution in [3.63, 3.8) is 0 Å². The monoisotopic (exact) mass is 325 g/mol. The van der Waals surface area contributed by atoms with Crippen LogP contribution in [0, 0.1) is 5.92 Å². The first-order chi connectivity index (χ1) is 9.26. The van der Waals surface area contributed by atoms with E-state index >= 15 is 0 Å². The highest BCUT2D eigenvalue weighted by Gasteiger charge is 2.48. The van der Waals surface area contributed by atoms with E-state index in [-0.39, 0.29) is 5.41 Å². The van der Waals surface area contributed by atoms with Crippen molar-refractivity contribution < 1.29 is 9.47 Å². The standard InChI is InChI=1S/C15H20BrNO2/c1-18-14-5-4-12(16)7-13(14)15(9-19-10-15)11-3-2-6-17-8-11/h4-5,7,11,17H,2-3,6,8-10H2,1H3. The highest BCUT2D eigenvalue weighted by atomic mass is 79.9. The van der Waals surface area contributed by atoms with Gasteiger partial charge >= 0.3 is 0 Å². The third-order valence-electron chi connectivity index (χ3n) is 4.50. The largest absolute Gasteiger partial charge is 0.496 e. The molecular formula is C15H20BrNO2. The number of halogens is 1. The topological polar surface area (TPSA) is 30.5 Å². The third kappa shape index (κ3) is 2.30. The molecule has 2 fully saturated rings. The van der Waals surface area contributed by atoms with Gasteiger partial charge in [0.2, 0.25) is 0 Å². The van der Waals surface area contributed by atoms with E-state index in [1.54, 1.807) is 7.11 Å². The lowest BCUT2D eigenvalue weighted by Gasteiger charge is -2.49. The quantitative estimate of drug-likeness (QED) is 0.926. The molecule has 0 radical (unpaired) electrons. The van der Waals surface area contributed by atoms with Crippen molar-refractivity contribution in [3.8, 4) is 5.75 Å². The van der Waals surface area contributed by atoms with E-state index in [1.807, 2.05) is 6.07 Å². The molecule has 1 unspecified atom stereocenters. The first-order valence-electron chi connectivity index (χ1n) is 6.89. The number of rotatable bonds is 3. The minimum Gasteiger partial charge on any atom is -0.496 e. The van der Waals surface area contributed by atoms with Gasteiger partial charge in [0.05, 0.1) is 20.3 Å². The van der Waals surface area contributed by atoms with Crippen molar-refractivity contribution >= 4 is 15.9 Å². The molecule has 2 saturated heterocycles. The minimum absolute atomic E-state index is 0.128. The molecule has 1 atom stereocenters. The van der Waals surface area contributed by atoms with Gasteiger partial charge in [-0.3, -0.25) is 0 Å². The van der Waals surface area contributed by atoms with Gasteiger partial charge in [0, 0.05) is 15.5 Å². The highest BCUT2D eigenvalue weighted by Crippen LogP contribution is 2.46. The first-order valence-corrected chi connectivity index (χ1v) is 7.68. The molecule has 4 heteroatoms. The van der Waals surface area contributed by atoms with E-state index in [0.29, 0.717) is 5.92 Å². The van der Waals surface area contributed by atoms with Gasteiger partial charge in [-0.25, -0.2) is 0 Å². The van der Waals surface area contributed by atoms with Gasteiger partial charge < -0.3 is 14.8 Å². The Kier molecular flexibility index (Phi) is 3.83. The number of piperidine rings is 1. The molecule has 2 heterocycles. The zero-order valence-corrected chi connectivity index (χ0v) is 12.8. The smallest absolute Gasteiger partial charge is 0.122 e. The lowest BCUT2D eigenvalue weighted by molar-refractivity contribution is -0.0956. The summed E-state index contributed by atoms with van der Waals surface area (Å²) in [5, 5.41) is 3.52. The summed E-state index contributed by atoms with van der Waals surface area (Å²) < 4.78 is 12.3. The zero-order valence-electron chi connectivity index (χ0n) is 11.2. The van der Waals surface area contributed by atoms with E-state index in [9.17, 15) is 0 Å². The Labute approximate surface area is 122 Å². The van der Waals surface area contributed by atoms with E-state index in [1.165, 1.54) is 18.4 Å². The number of ether oxygens (including phenoxy) is 2. The van der Waals surface area contributed by atoms with Gasteiger partial charge in [-0.1, -0.05) is 15.9 Å². The van der Waals surface area contributed by atoms with Crippen molar-refractivity contribution in [2.75, 3.05) is 33.4 Å². The molecule has 0 bridgehead atoms. The van der Waals surface area contributed by atoms with E-state index in [4.69, 9.17) is 9.47 Å². The zero-order chi connectivity index (χ0) is 13.3. The van der Waals surface area contributed by atoms with Gasteiger partial charge in [0.25, 0.3) is 0 Å². The second-order valence-corrected chi connectivity index (χ2v) is 6.45. The number of methoxy groups -OCH3 is 1. The first kappa shape index (κ1) is 13.4. The molecule has 0 amide bonds. The SMILES string of the molecule is COc1ccc(Br)cc1C1(C2CCCNC2)COC1. The molecule has 19 heavy (non-hydrogen) atoms. The van der Waals surface area contributed by atoms with Crippen LogP contribution >= 0.6 is 15.9 Å². The van der Waals surface area contributed by atoms with Crippen molar-refractivity contribution in [1.82, 2.24) is 5.32 Å². The van der Waals surface area contributed by atoms with Crippen molar-refractivity contribution in [3.05, 3.63) is 28.2 Å². The van der Waals surface area contributed by atoms with Crippen LogP contribution in [-0.2, 0) is 10.2 Å². The van der Waals surface area contributed by atoms with Crippen LogP contribution < -0.4 is 10.1 Å². The van der Waals surface area contributed by atoms with Gasteiger partial charge in [0.1, 0.15) is 5.75 Å². The Bertz CT molecular complexity index is 453. The van der Waals surface area contributed by atoms with Gasteiger partial charge in [0.15, 0.2) is 0 Å². The molecule has 1 aromatic rings. The molecule has 3 nitrogen and oxygen atoms in total. The molecule has 104 valence electrons. The fraction of sp³-hybridized carbons (Fsp3) is 0.600. The number of benzene rings is 1. The average molecular weight is 326 g/mol. The molecule has 0 spiro atoms. The molecule has 0 aliphatic carbocycles.